The minimum Gasteiger partial charge on any atom is -0.443 e. The van der Waals surface area contributed by atoms with E-state index in [1.54, 1.807) is 11.1 Å². The maximum atomic E-state index is 12.0. The Labute approximate surface area is 108 Å². The molecule has 0 aromatic heterocycles. The maximum Gasteiger partial charge on any atom is 0.414 e. The third-order valence-corrected chi connectivity index (χ3v) is 2.74. The van der Waals surface area contributed by atoms with E-state index in [-0.39, 0.29) is 6.09 Å². The van der Waals surface area contributed by atoms with Crippen LogP contribution in [-0.2, 0) is 11.2 Å². The molecule has 1 amide bonds. The van der Waals surface area contributed by atoms with E-state index >= 15 is 0 Å². The van der Waals surface area contributed by atoms with Gasteiger partial charge in [-0.1, -0.05) is 24.3 Å². The molecule has 18 heavy (non-hydrogen) atoms. The van der Waals surface area contributed by atoms with Gasteiger partial charge in [0.15, 0.2) is 0 Å². The highest BCUT2D eigenvalue weighted by molar-refractivity contribution is 5.71. The van der Waals surface area contributed by atoms with Crippen LogP contribution in [0, 0.1) is 0 Å². The molecule has 0 aliphatic carbocycles. The summed E-state index contributed by atoms with van der Waals surface area (Å²) in [6, 6.07) is 8.19. The van der Waals surface area contributed by atoms with Gasteiger partial charge >= 0.3 is 6.09 Å². The molecule has 3 heteroatoms. The van der Waals surface area contributed by atoms with E-state index in [9.17, 15) is 4.79 Å². The Kier molecular flexibility index (Phi) is 3.41. The Morgan fingerprint density at radius 2 is 2.00 bits per heavy atom. The van der Waals surface area contributed by atoms with Crippen LogP contribution in [0.1, 0.15) is 31.9 Å². The van der Waals surface area contributed by atoms with Crippen LogP contribution < -0.4 is 0 Å². The Morgan fingerprint density at radius 3 is 2.72 bits per heavy atom. The molecule has 0 radical (unpaired) electrons. The SMILES string of the molecule is CC(C)(C)OC(=O)N1C=Cc2ccccc2CC1. The molecule has 1 aromatic carbocycles. The van der Waals surface area contributed by atoms with Crippen LogP contribution in [0.3, 0.4) is 0 Å². The first-order chi connectivity index (χ1) is 8.46. The second-order valence-electron chi connectivity index (χ2n) is 5.44. The van der Waals surface area contributed by atoms with Crippen molar-refractivity contribution in [3.05, 3.63) is 41.6 Å². The summed E-state index contributed by atoms with van der Waals surface area (Å²) in [7, 11) is 0. The number of ether oxygens (including phenoxy) is 1. The maximum absolute atomic E-state index is 12.0. The number of carbonyl (C=O) groups is 1. The Hall–Kier alpha value is -1.77. The lowest BCUT2D eigenvalue weighted by molar-refractivity contribution is 0.0339. The van der Waals surface area contributed by atoms with Crippen LogP contribution in [0.15, 0.2) is 30.5 Å². The zero-order valence-corrected chi connectivity index (χ0v) is 11.1. The summed E-state index contributed by atoms with van der Waals surface area (Å²) < 4.78 is 5.37. The number of rotatable bonds is 0. The predicted molar refractivity (Wildman–Crippen MR) is 72.1 cm³/mol. The van der Waals surface area contributed by atoms with Gasteiger partial charge in [0, 0.05) is 12.7 Å². The molecule has 0 spiro atoms. The molecule has 0 bridgehead atoms. The van der Waals surface area contributed by atoms with Crippen LogP contribution in [0.5, 0.6) is 0 Å². The highest BCUT2D eigenvalue weighted by Gasteiger charge is 2.21. The topological polar surface area (TPSA) is 29.5 Å². The van der Waals surface area contributed by atoms with Crippen molar-refractivity contribution in [2.45, 2.75) is 32.8 Å². The second kappa shape index (κ2) is 4.84. The largest absolute Gasteiger partial charge is 0.443 e. The molecule has 1 aliphatic rings. The monoisotopic (exact) mass is 245 g/mol. The lowest BCUT2D eigenvalue weighted by Gasteiger charge is -2.24. The quantitative estimate of drug-likeness (QED) is 0.700. The molecule has 1 aromatic rings. The van der Waals surface area contributed by atoms with Crippen LogP contribution in [0.2, 0.25) is 0 Å². The zero-order chi connectivity index (χ0) is 13.2. The fourth-order valence-corrected chi connectivity index (χ4v) is 1.88. The minimum atomic E-state index is -0.454. The minimum absolute atomic E-state index is 0.286. The number of amides is 1. The normalized spacial score (nSPS) is 14.9. The smallest absolute Gasteiger partial charge is 0.414 e. The number of hydrogen-bond donors (Lipinski definition) is 0. The van der Waals surface area contributed by atoms with Gasteiger partial charge in [-0.25, -0.2) is 4.79 Å². The zero-order valence-electron chi connectivity index (χ0n) is 11.1. The molecule has 0 unspecified atom stereocenters. The summed E-state index contributed by atoms with van der Waals surface area (Å²) >= 11 is 0. The summed E-state index contributed by atoms with van der Waals surface area (Å²) in [5.74, 6) is 0. The van der Waals surface area contributed by atoms with E-state index in [1.807, 2.05) is 39.0 Å². The highest BCUT2D eigenvalue weighted by Crippen LogP contribution is 2.18. The van der Waals surface area contributed by atoms with Gasteiger partial charge in [0.05, 0.1) is 0 Å². The Bertz CT molecular complexity index is 472. The van der Waals surface area contributed by atoms with Gasteiger partial charge in [-0.05, 0) is 44.4 Å². The van der Waals surface area contributed by atoms with Crippen molar-refractivity contribution in [1.82, 2.24) is 4.90 Å². The van der Waals surface area contributed by atoms with E-state index in [4.69, 9.17) is 4.74 Å². The molecule has 2 rings (SSSR count). The first kappa shape index (κ1) is 12.7. The van der Waals surface area contributed by atoms with Gasteiger partial charge in [0.25, 0.3) is 0 Å². The molecule has 96 valence electrons. The molecule has 1 aliphatic heterocycles. The highest BCUT2D eigenvalue weighted by atomic mass is 16.6. The van der Waals surface area contributed by atoms with Crippen molar-refractivity contribution in [1.29, 1.82) is 0 Å². The van der Waals surface area contributed by atoms with Crippen LogP contribution in [0.25, 0.3) is 6.08 Å². The number of nitrogens with zero attached hydrogens (tertiary/aromatic N) is 1. The van der Waals surface area contributed by atoms with E-state index in [1.165, 1.54) is 11.1 Å². The molecule has 0 atom stereocenters. The lowest BCUT2D eigenvalue weighted by Crippen LogP contribution is -2.34. The van der Waals surface area contributed by atoms with E-state index in [0.29, 0.717) is 6.54 Å². The molecule has 0 saturated heterocycles. The standard InChI is InChI=1S/C15H19NO2/c1-15(2,3)18-14(17)16-10-8-12-6-4-5-7-13(12)9-11-16/h4-8,10H,9,11H2,1-3H3. The summed E-state index contributed by atoms with van der Waals surface area (Å²) in [5.41, 5.74) is 1.98. The summed E-state index contributed by atoms with van der Waals surface area (Å²) in [6.07, 6.45) is 4.33. The first-order valence-electron chi connectivity index (χ1n) is 6.21. The summed E-state index contributed by atoms with van der Waals surface area (Å²) in [4.78, 5) is 13.6. The van der Waals surface area contributed by atoms with E-state index < -0.39 is 5.60 Å². The molecule has 0 fully saturated rings. The number of fused-ring (bicyclic) bond motifs is 1. The molecule has 3 nitrogen and oxygen atoms in total. The van der Waals surface area contributed by atoms with Gasteiger partial charge < -0.3 is 4.74 Å². The third-order valence-electron chi connectivity index (χ3n) is 2.74. The average Bonchev–Trinajstić information content (AvgIpc) is 2.49. The number of benzene rings is 1. The fourth-order valence-electron chi connectivity index (χ4n) is 1.88. The van der Waals surface area contributed by atoms with Crippen molar-refractivity contribution in [3.8, 4) is 0 Å². The summed E-state index contributed by atoms with van der Waals surface area (Å²) in [5, 5.41) is 0. The Balaban J connectivity index is 2.10. The van der Waals surface area contributed by atoms with Crippen molar-refractivity contribution in [2.24, 2.45) is 0 Å². The molecule has 0 N–H and O–H groups in total. The first-order valence-corrected chi connectivity index (χ1v) is 6.21. The van der Waals surface area contributed by atoms with Crippen LogP contribution in [-0.4, -0.2) is 23.1 Å². The van der Waals surface area contributed by atoms with Gasteiger partial charge in [0.2, 0.25) is 0 Å². The number of carbonyl (C=O) groups excluding carboxylic acids is 1. The Morgan fingerprint density at radius 1 is 1.28 bits per heavy atom. The molecule has 1 heterocycles. The summed E-state index contributed by atoms with van der Waals surface area (Å²) in [6.45, 7) is 6.28. The van der Waals surface area contributed by atoms with Gasteiger partial charge in [0.1, 0.15) is 5.60 Å². The number of hydrogen-bond acceptors (Lipinski definition) is 2. The van der Waals surface area contributed by atoms with Crippen molar-refractivity contribution >= 4 is 12.2 Å². The van der Waals surface area contributed by atoms with Crippen molar-refractivity contribution in [2.75, 3.05) is 6.54 Å². The van der Waals surface area contributed by atoms with Crippen molar-refractivity contribution in [3.63, 3.8) is 0 Å². The molecular formula is C15H19NO2. The fraction of sp³-hybridized carbons (Fsp3) is 0.400. The predicted octanol–water partition coefficient (Wildman–Crippen LogP) is 3.45. The van der Waals surface area contributed by atoms with Crippen LogP contribution >= 0.6 is 0 Å². The average molecular weight is 245 g/mol. The molecular weight excluding hydrogens is 226 g/mol. The van der Waals surface area contributed by atoms with E-state index in [2.05, 4.69) is 12.1 Å². The van der Waals surface area contributed by atoms with Crippen LogP contribution in [0.4, 0.5) is 4.79 Å². The molecule has 0 saturated carbocycles. The third kappa shape index (κ3) is 3.13. The van der Waals surface area contributed by atoms with Gasteiger partial charge in [-0.15, -0.1) is 0 Å². The van der Waals surface area contributed by atoms with Gasteiger partial charge in [-0.3, -0.25) is 4.90 Å². The van der Waals surface area contributed by atoms with Gasteiger partial charge in [-0.2, -0.15) is 0 Å². The van der Waals surface area contributed by atoms with Crippen molar-refractivity contribution < 1.29 is 9.53 Å². The lowest BCUT2D eigenvalue weighted by atomic mass is 10.1. The van der Waals surface area contributed by atoms with E-state index in [0.717, 1.165) is 6.42 Å². The second-order valence-corrected chi connectivity index (χ2v) is 5.44.